The molecular formula is C24H35O2Si. The van der Waals surface area contributed by atoms with E-state index in [-0.39, 0.29) is 10.8 Å². The molecule has 0 spiro atoms. The van der Waals surface area contributed by atoms with E-state index in [1.54, 1.807) is 0 Å². The molecule has 2 nitrogen and oxygen atoms in total. The minimum absolute atomic E-state index is 0.0461. The highest BCUT2D eigenvalue weighted by Gasteiger charge is 2.55. The lowest BCUT2D eigenvalue weighted by atomic mass is 9.55. The fourth-order valence-electron chi connectivity index (χ4n) is 6.19. The zero-order chi connectivity index (χ0) is 19.6. The number of hydrogen-bond acceptors (Lipinski definition) is 2. The average Bonchev–Trinajstić information content (AvgIpc) is 2.88. The normalized spacial score (nSPS) is 32.9. The standard InChI is InChI=1S/C24H35O2Si/c1-23(2,3)16-13-15-7-8-17-18(22(15)20(14-16)26-27(5)6)11-12-24(4)19(17)9-10-21(24)25/h13-14,17-19H,7-12H2,1-6H3/t17-,18+,19+,24+/m1/s1. The molecular weight excluding hydrogens is 348 g/mol. The van der Waals surface area contributed by atoms with Gasteiger partial charge in [0.1, 0.15) is 11.5 Å². The SMILES string of the molecule is C[Si](C)Oc1cc(C(C)(C)C)cc2c1[C@H]1CC[C@]3(C)C(=O)CC[C@H]3[C@@H]1CC2. The molecule has 3 aliphatic rings. The number of Topliss-reactive ketones (excluding diaryl/α,β-unsaturated/α-hetero) is 1. The smallest absolute Gasteiger partial charge is 0.274 e. The Balaban J connectivity index is 1.78. The molecule has 1 aromatic rings. The summed E-state index contributed by atoms with van der Waals surface area (Å²) in [5, 5.41) is 0. The molecule has 0 aromatic heterocycles. The average molecular weight is 384 g/mol. The fourth-order valence-corrected chi connectivity index (χ4v) is 6.80. The van der Waals surface area contributed by atoms with Crippen molar-refractivity contribution in [2.24, 2.45) is 17.3 Å². The highest BCUT2D eigenvalue weighted by Crippen LogP contribution is 2.60. The van der Waals surface area contributed by atoms with Crippen LogP contribution in [0.25, 0.3) is 0 Å². The number of benzene rings is 1. The number of carbonyl (C=O) groups excluding carboxylic acids is 1. The maximum atomic E-state index is 12.6. The van der Waals surface area contributed by atoms with Gasteiger partial charge in [0.15, 0.2) is 0 Å². The molecule has 2 saturated carbocycles. The molecule has 0 heterocycles. The Morgan fingerprint density at radius 1 is 1.11 bits per heavy atom. The van der Waals surface area contributed by atoms with Crippen LogP contribution in [-0.2, 0) is 16.6 Å². The molecule has 1 radical (unpaired) electrons. The third-order valence-corrected chi connectivity index (χ3v) is 8.30. The molecule has 0 N–H and O–H groups in total. The van der Waals surface area contributed by atoms with Crippen LogP contribution in [-0.4, -0.2) is 14.8 Å². The summed E-state index contributed by atoms with van der Waals surface area (Å²) in [6, 6.07) is 4.80. The third-order valence-electron chi connectivity index (χ3n) is 7.67. The zero-order valence-corrected chi connectivity index (χ0v) is 18.9. The van der Waals surface area contributed by atoms with Crippen LogP contribution >= 0.6 is 0 Å². The van der Waals surface area contributed by atoms with Crippen molar-refractivity contribution in [3.8, 4) is 5.75 Å². The van der Waals surface area contributed by atoms with Crippen molar-refractivity contribution in [1.82, 2.24) is 0 Å². The first kappa shape index (κ1) is 19.2. The lowest BCUT2D eigenvalue weighted by Gasteiger charge is -2.48. The Kier molecular flexibility index (Phi) is 4.61. The molecule has 147 valence electrons. The van der Waals surface area contributed by atoms with Crippen molar-refractivity contribution in [3.63, 3.8) is 0 Å². The van der Waals surface area contributed by atoms with Crippen molar-refractivity contribution in [3.05, 3.63) is 28.8 Å². The van der Waals surface area contributed by atoms with Crippen LogP contribution in [0.5, 0.6) is 5.75 Å². The van der Waals surface area contributed by atoms with Gasteiger partial charge in [0.05, 0.1) is 0 Å². The van der Waals surface area contributed by atoms with Gasteiger partial charge in [0.2, 0.25) is 0 Å². The van der Waals surface area contributed by atoms with Crippen molar-refractivity contribution in [2.45, 2.75) is 90.6 Å². The largest absolute Gasteiger partial charge is 0.542 e. The van der Waals surface area contributed by atoms with Gasteiger partial charge in [-0.15, -0.1) is 0 Å². The summed E-state index contributed by atoms with van der Waals surface area (Å²) in [6.07, 6.45) is 6.52. The fraction of sp³-hybridized carbons (Fsp3) is 0.708. The van der Waals surface area contributed by atoms with Crippen molar-refractivity contribution in [1.29, 1.82) is 0 Å². The Morgan fingerprint density at radius 2 is 1.85 bits per heavy atom. The van der Waals surface area contributed by atoms with Crippen LogP contribution in [0, 0.1) is 17.3 Å². The highest BCUT2D eigenvalue weighted by molar-refractivity contribution is 6.49. The number of fused-ring (bicyclic) bond motifs is 5. The third kappa shape index (κ3) is 3.10. The van der Waals surface area contributed by atoms with E-state index in [2.05, 4.69) is 52.9 Å². The summed E-state index contributed by atoms with van der Waals surface area (Å²) in [4.78, 5) is 12.6. The maximum Gasteiger partial charge on any atom is 0.274 e. The van der Waals surface area contributed by atoms with Crippen LogP contribution in [0.4, 0.5) is 0 Å². The summed E-state index contributed by atoms with van der Waals surface area (Å²) in [6.45, 7) is 13.6. The number of hydrogen-bond donors (Lipinski definition) is 0. The molecule has 4 atom stereocenters. The molecule has 3 heteroatoms. The van der Waals surface area contributed by atoms with Gasteiger partial charge in [-0.05, 0) is 91.1 Å². The Morgan fingerprint density at radius 3 is 2.52 bits per heavy atom. The van der Waals surface area contributed by atoms with Gasteiger partial charge in [-0.2, -0.15) is 0 Å². The van der Waals surface area contributed by atoms with Gasteiger partial charge in [-0.3, -0.25) is 4.79 Å². The van der Waals surface area contributed by atoms with E-state index in [1.807, 2.05) is 0 Å². The molecule has 0 saturated heterocycles. The van der Waals surface area contributed by atoms with Crippen molar-refractivity contribution < 1.29 is 9.22 Å². The van der Waals surface area contributed by atoms with Gasteiger partial charge in [-0.1, -0.05) is 33.8 Å². The summed E-state index contributed by atoms with van der Waals surface area (Å²) in [5.41, 5.74) is 4.52. The molecule has 4 rings (SSSR count). The van der Waals surface area contributed by atoms with E-state index in [1.165, 1.54) is 28.9 Å². The van der Waals surface area contributed by atoms with E-state index in [0.29, 0.717) is 23.5 Å². The maximum absolute atomic E-state index is 12.6. The molecule has 0 bridgehead atoms. The van der Waals surface area contributed by atoms with Gasteiger partial charge in [0, 0.05) is 11.8 Å². The van der Waals surface area contributed by atoms with Crippen molar-refractivity contribution in [2.75, 3.05) is 0 Å². The summed E-state index contributed by atoms with van der Waals surface area (Å²) in [5.74, 6) is 3.53. The Hall–Kier alpha value is -1.09. The van der Waals surface area contributed by atoms with Crippen LogP contribution in [0.3, 0.4) is 0 Å². The minimum atomic E-state index is -0.810. The first-order chi connectivity index (χ1) is 12.6. The predicted molar refractivity (Wildman–Crippen MR) is 113 cm³/mol. The monoisotopic (exact) mass is 383 g/mol. The Labute approximate surface area is 166 Å². The van der Waals surface area contributed by atoms with E-state index in [4.69, 9.17) is 4.43 Å². The molecule has 3 aliphatic carbocycles. The predicted octanol–water partition coefficient (Wildman–Crippen LogP) is 6.04. The van der Waals surface area contributed by atoms with Crippen LogP contribution in [0.15, 0.2) is 12.1 Å². The van der Waals surface area contributed by atoms with Gasteiger partial charge >= 0.3 is 0 Å². The van der Waals surface area contributed by atoms with Crippen LogP contribution in [0.1, 0.15) is 82.4 Å². The number of aryl methyl sites for hydroxylation is 1. The van der Waals surface area contributed by atoms with Gasteiger partial charge < -0.3 is 4.43 Å². The second kappa shape index (κ2) is 6.47. The van der Waals surface area contributed by atoms with Gasteiger partial charge in [0.25, 0.3) is 9.04 Å². The first-order valence-electron chi connectivity index (χ1n) is 10.8. The lowest BCUT2D eigenvalue weighted by molar-refractivity contribution is -0.129. The quantitative estimate of drug-likeness (QED) is 0.582. The summed E-state index contributed by atoms with van der Waals surface area (Å²) in [7, 11) is -0.810. The van der Waals surface area contributed by atoms with Crippen molar-refractivity contribution >= 4 is 14.8 Å². The van der Waals surface area contributed by atoms with Crippen LogP contribution in [0.2, 0.25) is 13.1 Å². The number of rotatable bonds is 2. The van der Waals surface area contributed by atoms with Crippen LogP contribution < -0.4 is 4.43 Å². The molecule has 0 aliphatic heterocycles. The molecule has 27 heavy (non-hydrogen) atoms. The first-order valence-corrected chi connectivity index (χ1v) is 13.2. The minimum Gasteiger partial charge on any atom is -0.542 e. The lowest BCUT2D eigenvalue weighted by Crippen LogP contribution is -2.42. The summed E-state index contributed by atoms with van der Waals surface area (Å²) < 4.78 is 6.49. The number of ketones is 1. The van der Waals surface area contributed by atoms with E-state index in [0.717, 1.165) is 32.1 Å². The topological polar surface area (TPSA) is 26.3 Å². The van der Waals surface area contributed by atoms with E-state index < -0.39 is 9.04 Å². The summed E-state index contributed by atoms with van der Waals surface area (Å²) >= 11 is 0. The van der Waals surface area contributed by atoms with E-state index >= 15 is 0 Å². The Bertz CT molecular complexity index is 760. The molecule has 1 aromatic carbocycles. The molecule has 0 unspecified atom stereocenters. The zero-order valence-electron chi connectivity index (χ0n) is 17.9. The second-order valence-electron chi connectivity index (χ2n) is 10.6. The second-order valence-corrected chi connectivity index (χ2v) is 12.7. The molecule has 0 amide bonds. The number of carbonyl (C=O) groups is 1. The molecule has 2 fully saturated rings. The van der Waals surface area contributed by atoms with Gasteiger partial charge in [-0.25, -0.2) is 0 Å². The van der Waals surface area contributed by atoms with E-state index in [9.17, 15) is 4.79 Å². The highest BCUT2D eigenvalue weighted by atomic mass is 28.3.